The Morgan fingerprint density at radius 3 is 2.55 bits per heavy atom. The molecule has 1 aromatic heterocycles. The van der Waals surface area contributed by atoms with Crippen LogP contribution in [0.1, 0.15) is 51.9 Å². The van der Waals surface area contributed by atoms with Crippen LogP contribution in [0.4, 0.5) is 0 Å². The van der Waals surface area contributed by atoms with Gasteiger partial charge in [0.1, 0.15) is 28.3 Å². The molecule has 0 aliphatic carbocycles. The lowest BCUT2D eigenvalue weighted by Gasteiger charge is -2.32. The molecular weight excluding hydrogens is 556 g/mol. The molecule has 6 rings (SSSR count). The number of nitrogens with zero attached hydrogens (tertiary/aromatic N) is 4. The average Bonchev–Trinajstić information content (AvgIpc) is 3.43. The highest BCUT2D eigenvalue weighted by atomic mass is 16.5. The molecule has 1 atom stereocenters. The maximum absolute atomic E-state index is 13.6. The van der Waals surface area contributed by atoms with Crippen LogP contribution in [0.2, 0.25) is 0 Å². The monoisotopic (exact) mass is 590 g/mol. The van der Waals surface area contributed by atoms with Gasteiger partial charge in [-0.05, 0) is 78.1 Å². The van der Waals surface area contributed by atoms with Gasteiger partial charge in [-0.3, -0.25) is 9.59 Å². The van der Waals surface area contributed by atoms with E-state index in [4.69, 9.17) is 14.2 Å². The van der Waals surface area contributed by atoms with Gasteiger partial charge < -0.3 is 19.1 Å². The molecule has 5 aromatic rings. The van der Waals surface area contributed by atoms with Crippen molar-refractivity contribution in [3.8, 4) is 17.2 Å². The Morgan fingerprint density at radius 2 is 1.75 bits per heavy atom. The Morgan fingerprint density at radius 1 is 0.955 bits per heavy atom. The second kappa shape index (κ2) is 12.6. The molecular formula is C35H34N4O5. The highest BCUT2D eigenvalue weighted by molar-refractivity contribution is 5.94. The molecule has 224 valence electrons. The molecule has 0 saturated heterocycles. The summed E-state index contributed by atoms with van der Waals surface area (Å²) in [5.41, 5.74) is 6.17. The number of aryl methyl sites for hydroxylation is 1. The first kappa shape index (κ1) is 28.9. The first-order chi connectivity index (χ1) is 21.4. The number of benzene rings is 4. The summed E-state index contributed by atoms with van der Waals surface area (Å²) in [6, 6.07) is 26.8. The van der Waals surface area contributed by atoms with Crippen LogP contribution < -0.4 is 9.47 Å². The minimum Gasteiger partial charge on any atom is -0.494 e. The summed E-state index contributed by atoms with van der Waals surface area (Å²) in [7, 11) is 3.44. The molecule has 44 heavy (non-hydrogen) atoms. The predicted molar refractivity (Wildman–Crippen MR) is 166 cm³/mol. The number of carbonyl (C=O) groups is 2. The van der Waals surface area contributed by atoms with E-state index < -0.39 is 0 Å². The Balaban J connectivity index is 1.30. The number of methoxy groups -OCH3 is 1. The lowest BCUT2D eigenvalue weighted by molar-refractivity contribution is -0.143. The lowest BCUT2D eigenvalue weighted by atomic mass is 9.82. The zero-order chi connectivity index (χ0) is 30.6. The van der Waals surface area contributed by atoms with Crippen molar-refractivity contribution in [2.24, 2.45) is 7.05 Å². The molecule has 0 fully saturated rings. The summed E-state index contributed by atoms with van der Waals surface area (Å²) in [5, 5.41) is 8.48. The second-order valence-electron chi connectivity index (χ2n) is 10.8. The summed E-state index contributed by atoms with van der Waals surface area (Å²) >= 11 is 0. The van der Waals surface area contributed by atoms with Crippen LogP contribution in [-0.4, -0.2) is 52.0 Å². The molecule has 0 N–H and O–H groups in total. The van der Waals surface area contributed by atoms with Gasteiger partial charge in [0.15, 0.2) is 0 Å². The number of hydrogen-bond donors (Lipinski definition) is 0. The maximum atomic E-state index is 13.6. The average molecular weight is 591 g/mol. The zero-order valence-corrected chi connectivity index (χ0v) is 25.0. The molecule has 9 nitrogen and oxygen atoms in total. The molecule has 1 unspecified atom stereocenters. The van der Waals surface area contributed by atoms with Crippen molar-refractivity contribution in [2.75, 3.05) is 20.3 Å². The molecule has 1 amide bonds. The molecule has 0 bridgehead atoms. The van der Waals surface area contributed by atoms with Gasteiger partial charge in [0.05, 0.1) is 20.1 Å². The standard InChI is InChI=1S/C35H34N4O5/c1-4-43-33(40)21-30(25-19-31-34(32(20-25)42-3)38(2)37-36-31)29-15-9-11-24-22-39(17-16-28(24)29)35(41)23-10-8-14-27(18-23)44-26-12-6-5-7-13-26/h5-15,18-20,30H,4,16-17,21-22H2,1-3H3. The maximum Gasteiger partial charge on any atom is 0.306 e. The molecule has 4 aromatic carbocycles. The Hall–Kier alpha value is -5.18. The second-order valence-corrected chi connectivity index (χ2v) is 10.8. The van der Waals surface area contributed by atoms with Crippen LogP contribution in [-0.2, 0) is 29.5 Å². The van der Waals surface area contributed by atoms with Crippen molar-refractivity contribution in [2.45, 2.75) is 32.2 Å². The highest BCUT2D eigenvalue weighted by Crippen LogP contribution is 2.38. The van der Waals surface area contributed by atoms with E-state index in [2.05, 4.69) is 22.4 Å². The fraction of sp³-hybridized carbons (Fsp3) is 0.257. The molecule has 9 heteroatoms. The van der Waals surface area contributed by atoms with Crippen LogP contribution in [0.15, 0.2) is 84.9 Å². The Kier molecular flexibility index (Phi) is 8.27. The van der Waals surface area contributed by atoms with E-state index in [1.165, 1.54) is 0 Å². The minimum absolute atomic E-state index is 0.0551. The van der Waals surface area contributed by atoms with E-state index in [1.807, 2.05) is 78.7 Å². The first-order valence-corrected chi connectivity index (χ1v) is 14.7. The molecule has 0 saturated carbocycles. The highest BCUT2D eigenvalue weighted by Gasteiger charge is 2.29. The van der Waals surface area contributed by atoms with Crippen molar-refractivity contribution in [1.82, 2.24) is 19.9 Å². The lowest BCUT2D eigenvalue weighted by Crippen LogP contribution is -2.36. The van der Waals surface area contributed by atoms with Crippen LogP contribution in [0.25, 0.3) is 11.0 Å². The van der Waals surface area contributed by atoms with Gasteiger partial charge in [-0.2, -0.15) is 0 Å². The number of ether oxygens (including phenoxy) is 3. The number of carbonyl (C=O) groups excluding carboxylic acids is 2. The van der Waals surface area contributed by atoms with Gasteiger partial charge >= 0.3 is 5.97 Å². The van der Waals surface area contributed by atoms with E-state index in [-0.39, 0.29) is 24.2 Å². The van der Waals surface area contributed by atoms with Gasteiger partial charge in [-0.15, -0.1) is 5.10 Å². The topological polar surface area (TPSA) is 95.8 Å². The number of fused-ring (bicyclic) bond motifs is 2. The SMILES string of the molecule is CCOC(=O)CC(c1cc(OC)c2c(c1)nnn2C)c1cccc2c1CCN(C(=O)c1cccc(Oc3ccccc3)c1)C2. The molecule has 0 spiro atoms. The predicted octanol–water partition coefficient (Wildman–Crippen LogP) is 6.05. The van der Waals surface area contributed by atoms with Crippen molar-refractivity contribution < 1.29 is 23.8 Å². The fourth-order valence-electron chi connectivity index (χ4n) is 5.96. The van der Waals surface area contributed by atoms with Gasteiger partial charge in [-0.25, -0.2) is 4.68 Å². The van der Waals surface area contributed by atoms with E-state index in [0.717, 1.165) is 27.8 Å². The van der Waals surface area contributed by atoms with Gasteiger partial charge in [0.25, 0.3) is 5.91 Å². The first-order valence-electron chi connectivity index (χ1n) is 14.7. The third-order valence-corrected chi connectivity index (χ3v) is 8.01. The normalized spacial score (nSPS) is 13.3. The van der Waals surface area contributed by atoms with Crippen molar-refractivity contribution in [3.63, 3.8) is 0 Å². The summed E-state index contributed by atoms with van der Waals surface area (Å²) in [4.78, 5) is 28.4. The zero-order valence-electron chi connectivity index (χ0n) is 25.0. The van der Waals surface area contributed by atoms with E-state index in [9.17, 15) is 9.59 Å². The number of amides is 1. The van der Waals surface area contributed by atoms with Gasteiger partial charge in [0.2, 0.25) is 0 Å². The van der Waals surface area contributed by atoms with Crippen LogP contribution >= 0.6 is 0 Å². The van der Waals surface area contributed by atoms with E-state index in [1.54, 1.807) is 24.8 Å². The van der Waals surface area contributed by atoms with Gasteiger partial charge in [0, 0.05) is 31.6 Å². The fourth-order valence-corrected chi connectivity index (χ4v) is 5.96. The van der Waals surface area contributed by atoms with Crippen LogP contribution in [0.3, 0.4) is 0 Å². The summed E-state index contributed by atoms with van der Waals surface area (Å²) in [6.45, 7) is 3.12. The van der Waals surface area contributed by atoms with Crippen molar-refractivity contribution >= 4 is 22.9 Å². The molecule has 2 heterocycles. The van der Waals surface area contributed by atoms with Crippen LogP contribution in [0.5, 0.6) is 17.2 Å². The Bertz CT molecular complexity index is 1820. The van der Waals surface area contributed by atoms with Crippen molar-refractivity contribution in [3.05, 3.63) is 113 Å². The van der Waals surface area contributed by atoms with Crippen molar-refractivity contribution in [1.29, 1.82) is 0 Å². The number of esters is 1. The smallest absolute Gasteiger partial charge is 0.306 e. The number of rotatable bonds is 9. The minimum atomic E-state index is -0.293. The summed E-state index contributed by atoms with van der Waals surface area (Å²) in [6.07, 6.45) is 0.817. The van der Waals surface area contributed by atoms with Crippen LogP contribution in [0, 0.1) is 0 Å². The third-order valence-electron chi connectivity index (χ3n) is 8.01. The van der Waals surface area contributed by atoms with E-state index in [0.29, 0.717) is 54.4 Å². The molecule has 1 aliphatic heterocycles. The molecule has 1 aliphatic rings. The molecule has 0 radical (unpaired) electrons. The summed E-state index contributed by atoms with van der Waals surface area (Å²) < 4.78 is 18.7. The van der Waals surface area contributed by atoms with E-state index >= 15 is 0 Å². The largest absolute Gasteiger partial charge is 0.494 e. The Labute approximate surface area is 256 Å². The third kappa shape index (κ3) is 5.86. The number of aromatic nitrogens is 3. The van der Waals surface area contributed by atoms with Gasteiger partial charge in [-0.1, -0.05) is 47.7 Å². The number of hydrogen-bond acceptors (Lipinski definition) is 7. The number of para-hydroxylation sites is 1. The quantitative estimate of drug-likeness (QED) is 0.193. The summed E-state index contributed by atoms with van der Waals surface area (Å²) in [5.74, 6) is 1.33.